The number of nitrogens with zero attached hydrogens (tertiary/aromatic N) is 1. The number of amides is 1. The zero-order valence-corrected chi connectivity index (χ0v) is 18.0. The number of likely N-dealkylation sites (tertiary alicyclic amines) is 1. The van der Waals surface area contributed by atoms with E-state index >= 15 is 0 Å². The first kappa shape index (κ1) is 21.7. The van der Waals surface area contributed by atoms with E-state index in [1.165, 1.54) is 37.9 Å². The van der Waals surface area contributed by atoms with Crippen molar-refractivity contribution < 1.29 is 21.7 Å². The molecule has 0 saturated carbocycles. The minimum Gasteiger partial charge on any atom is -1.00 e. The Morgan fingerprint density at radius 1 is 1.11 bits per heavy atom. The van der Waals surface area contributed by atoms with Crippen molar-refractivity contribution in [2.45, 2.75) is 25.8 Å². The van der Waals surface area contributed by atoms with Crippen molar-refractivity contribution in [2.24, 2.45) is 0 Å². The van der Waals surface area contributed by atoms with Crippen LogP contribution >= 0.6 is 15.9 Å². The van der Waals surface area contributed by atoms with Gasteiger partial charge in [0.1, 0.15) is 6.54 Å². The molecule has 1 amide bonds. The van der Waals surface area contributed by atoms with Crippen molar-refractivity contribution in [3.05, 3.63) is 70.2 Å². The van der Waals surface area contributed by atoms with Crippen LogP contribution in [0.15, 0.2) is 59.1 Å². The molecule has 1 heterocycles. The second-order valence-corrected chi connectivity index (χ2v) is 8.28. The molecule has 1 fully saturated rings. The first-order valence-electron chi connectivity index (χ1n) is 9.20. The number of rotatable bonds is 5. The lowest BCUT2D eigenvalue weighted by Crippen LogP contribution is -3.00. The van der Waals surface area contributed by atoms with E-state index in [-0.39, 0.29) is 18.3 Å². The van der Waals surface area contributed by atoms with Gasteiger partial charge in [0.25, 0.3) is 0 Å². The van der Waals surface area contributed by atoms with E-state index in [0.29, 0.717) is 0 Å². The van der Waals surface area contributed by atoms with Gasteiger partial charge in [0.05, 0.1) is 20.1 Å². The summed E-state index contributed by atoms with van der Waals surface area (Å²) in [5, 5.41) is 2.97. The van der Waals surface area contributed by atoms with Gasteiger partial charge in [0, 0.05) is 21.8 Å². The number of halogens is 2. The van der Waals surface area contributed by atoms with Crippen LogP contribution in [0.5, 0.6) is 0 Å². The summed E-state index contributed by atoms with van der Waals surface area (Å²) in [5.74, 6) is -0.111. The molecule has 3 nitrogen and oxygen atoms in total. The van der Waals surface area contributed by atoms with Crippen molar-refractivity contribution in [3.8, 4) is 0 Å². The van der Waals surface area contributed by atoms with Gasteiger partial charge in [-0.25, -0.2) is 0 Å². The number of hydrogen-bond donors (Lipinski definition) is 1. The molecule has 1 N–H and O–H groups in total. The molecule has 0 unspecified atom stereocenters. The molecule has 5 heteroatoms. The van der Waals surface area contributed by atoms with Gasteiger partial charge in [0.2, 0.25) is 5.91 Å². The maximum absolute atomic E-state index is 12.2. The predicted molar refractivity (Wildman–Crippen MR) is 112 cm³/mol. The van der Waals surface area contributed by atoms with E-state index in [1.807, 2.05) is 42.5 Å². The number of nitrogens with one attached hydrogen (secondary N) is 1. The number of carbonyl (C=O) groups is 1. The Hall–Kier alpha value is -1.62. The first-order chi connectivity index (χ1) is 12.5. The number of anilines is 1. The fourth-order valence-electron chi connectivity index (χ4n) is 3.59. The molecule has 3 rings (SSSR count). The summed E-state index contributed by atoms with van der Waals surface area (Å²) >= 11 is 3.44. The molecule has 144 valence electrons. The molecule has 27 heavy (non-hydrogen) atoms. The van der Waals surface area contributed by atoms with Crippen LogP contribution < -0.4 is 17.7 Å². The minimum absolute atomic E-state index is 0. The Morgan fingerprint density at radius 2 is 1.85 bits per heavy atom. The first-order valence-corrected chi connectivity index (χ1v) is 9.99. The minimum atomic E-state index is -0.111. The summed E-state index contributed by atoms with van der Waals surface area (Å²) in [6.45, 7) is 3.51. The van der Waals surface area contributed by atoms with Crippen molar-refractivity contribution in [1.82, 2.24) is 0 Å². The normalized spacial score (nSPS) is 15.9. The van der Waals surface area contributed by atoms with Gasteiger partial charge < -0.3 is 22.2 Å². The molecular formula is C22H26BrClN2O. The Morgan fingerprint density at radius 3 is 2.59 bits per heavy atom. The van der Waals surface area contributed by atoms with Crippen molar-refractivity contribution in [1.29, 1.82) is 0 Å². The summed E-state index contributed by atoms with van der Waals surface area (Å²) in [6, 6.07) is 16.1. The summed E-state index contributed by atoms with van der Waals surface area (Å²) in [4.78, 5) is 12.2. The van der Waals surface area contributed by atoms with Gasteiger partial charge in [-0.2, -0.15) is 0 Å². The van der Waals surface area contributed by atoms with E-state index in [0.717, 1.165) is 26.8 Å². The Kier molecular flexibility index (Phi) is 8.08. The quantitative estimate of drug-likeness (QED) is 0.550. The Balaban J connectivity index is 0.00000261. The van der Waals surface area contributed by atoms with Crippen LogP contribution in [0.4, 0.5) is 5.69 Å². The molecule has 2 aromatic carbocycles. The van der Waals surface area contributed by atoms with Gasteiger partial charge in [-0.15, -0.1) is 0 Å². The number of hydrogen-bond acceptors (Lipinski definition) is 1. The maximum atomic E-state index is 12.2. The van der Waals surface area contributed by atoms with Gasteiger partial charge in [-0.1, -0.05) is 40.2 Å². The second kappa shape index (κ2) is 10.1. The average Bonchev–Trinajstić information content (AvgIpc) is 2.61. The SMILES string of the molecule is C[N+]1(Cc2cccc(NC(=O)/C=C/c3cccc(Br)c3)c2)CCCCC1.[Cl-]. The molecule has 1 aliphatic rings. The zero-order valence-electron chi connectivity index (χ0n) is 15.6. The highest BCUT2D eigenvalue weighted by atomic mass is 79.9. The third-order valence-electron chi connectivity index (χ3n) is 4.93. The molecule has 0 radical (unpaired) electrons. The third kappa shape index (κ3) is 6.80. The molecule has 1 aliphatic heterocycles. The number of carbonyl (C=O) groups excluding carboxylic acids is 1. The molecule has 0 aliphatic carbocycles. The van der Waals surface area contributed by atoms with Crippen LogP contribution in [-0.4, -0.2) is 30.5 Å². The summed E-state index contributed by atoms with van der Waals surface area (Å²) in [5.41, 5.74) is 3.13. The summed E-state index contributed by atoms with van der Waals surface area (Å²) in [7, 11) is 2.34. The second-order valence-electron chi connectivity index (χ2n) is 7.36. The van der Waals surface area contributed by atoms with Crippen molar-refractivity contribution in [3.63, 3.8) is 0 Å². The van der Waals surface area contributed by atoms with E-state index in [4.69, 9.17) is 0 Å². The van der Waals surface area contributed by atoms with Gasteiger partial charge in [-0.05, 0) is 55.2 Å². The highest BCUT2D eigenvalue weighted by Gasteiger charge is 2.24. The van der Waals surface area contributed by atoms with E-state index in [1.54, 1.807) is 6.08 Å². The molecule has 0 bridgehead atoms. The summed E-state index contributed by atoms with van der Waals surface area (Å²) < 4.78 is 2.10. The molecule has 0 atom stereocenters. The summed E-state index contributed by atoms with van der Waals surface area (Å²) in [6.07, 6.45) is 7.38. The zero-order chi connectivity index (χ0) is 18.4. The van der Waals surface area contributed by atoms with Crippen LogP contribution in [0, 0.1) is 0 Å². The van der Waals surface area contributed by atoms with Gasteiger partial charge >= 0.3 is 0 Å². The largest absolute Gasteiger partial charge is 1.00 e. The number of piperidine rings is 1. The lowest BCUT2D eigenvalue weighted by atomic mass is 10.1. The Labute approximate surface area is 176 Å². The number of benzene rings is 2. The molecule has 0 spiro atoms. The number of quaternary nitrogens is 1. The van der Waals surface area contributed by atoms with Crippen LogP contribution in [0.3, 0.4) is 0 Å². The van der Waals surface area contributed by atoms with Crippen LogP contribution in [-0.2, 0) is 11.3 Å². The average molecular weight is 450 g/mol. The lowest BCUT2D eigenvalue weighted by molar-refractivity contribution is -0.926. The van der Waals surface area contributed by atoms with Crippen LogP contribution in [0.25, 0.3) is 6.08 Å². The molecule has 0 aromatic heterocycles. The van der Waals surface area contributed by atoms with Gasteiger partial charge in [0.15, 0.2) is 0 Å². The van der Waals surface area contributed by atoms with E-state index in [9.17, 15) is 4.79 Å². The standard InChI is InChI=1S/C22H25BrN2O.ClH/c1-25(13-3-2-4-14-25)17-19-8-6-10-21(16-19)24-22(26)12-11-18-7-5-9-20(23)15-18;/h5-12,15-16H,2-4,13-14,17H2,1H3;1H/b12-11+;. The topological polar surface area (TPSA) is 29.1 Å². The van der Waals surface area contributed by atoms with Crippen LogP contribution in [0.2, 0.25) is 0 Å². The third-order valence-corrected chi connectivity index (χ3v) is 5.42. The van der Waals surface area contributed by atoms with Gasteiger partial charge in [-0.3, -0.25) is 4.79 Å². The van der Waals surface area contributed by atoms with E-state index < -0.39 is 0 Å². The van der Waals surface area contributed by atoms with E-state index in [2.05, 4.69) is 40.4 Å². The highest BCUT2D eigenvalue weighted by molar-refractivity contribution is 9.10. The fourth-order valence-corrected chi connectivity index (χ4v) is 4.00. The Bertz CT molecular complexity index is 800. The van der Waals surface area contributed by atoms with Crippen molar-refractivity contribution >= 4 is 33.6 Å². The maximum Gasteiger partial charge on any atom is 0.248 e. The molecular weight excluding hydrogens is 424 g/mol. The molecule has 2 aromatic rings. The highest BCUT2D eigenvalue weighted by Crippen LogP contribution is 2.22. The molecule has 1 saturated heterocycles. The smallest absolute Gasteiger partial charge is 0.248 e. The predicted octanol–water partition coefficient (Wildman–Crippen LogP) is 2.24. The fraction of sp³-hybridized carbons (Fsp3) is 0.318. The van der Waals surface area contributed by atoms with Crippen molar-refractivity contribution in [2.75, 3.05) is 25.5 Å². The van der Waals surface area contributed by atoms with Crippen LogP contribution in [0.1, 0.15) is 30.4 Å². The lowest BCUT2D eigenvalue weighted by Gasteiger charge is -2.38. The monoisotopic (exact) mass is 448 g/mol.